The average molecular weight is 214 g/mol. The van der Waals surface area contributed by atoms with Crippen LogP contribution in [0.2, 0.25) is 0 Å². The van der Waals surface area contributed by atoms with Gasteiger partial charge in [0.1, 0.15) is 5.75 Å². The van der Waals surface area contributed by atoms with Crippen LogP contribution in [0.15, 0.2) is 42.9 Å². The molecular formula is C12H10N2O2. The summed E-state index contributed by atoms with van der Waals surface area (Å²) in [6, 6.07) is 6.72. The standard InChI is InChI=1S/C12H10N2O2/c1-9(15)10-2-7-14-12(8-10)16-11-3-5-13-6-4-11/h2-8H,1H3. The zero-order chi connectivity index (χ0) is 11.4. The number of pyridine rings is 2. The fourth-order valence-corrected chi connectivity index (χ4v) is 1.21. The Bertz CT molecular complexity index is 497. The van der Waals surface area contributed by atoms with Crippen LogP contribution < -0.4 is 4.74 Å². The van der Waals surface area contributed by atoms with E-state index < -0.39 is 0 Å². The van der Waals surface area contributed by atoms with Crippen molar-refractivity contribution in [3.05, 3.63) is 48.4 Å². The van der Waals surface area contributed by atoms with E-state index in [1.54, 1.807) is 42.9 Å². The highest BCUT2D eigenvalue weighted by Gasteiger charge is 2.03. The van der Waals surface area contributed by atoms with Crippen LogP contribution in [0.25, 0.3) is 0 Å². The predicted octanol–water partition coefficient (Wildman–Crippen LogP) is 2.47. The van der Waals surface area contributed by atoms with E-state index in [1.165, 1.54) is 6.92 Å². The normalized spacial score (nSPS) is 9.81. The lowest BCUT2D eigenvalue weighted by Crippen LogP contribution is -1.94. The van der Waals surface area contributed by atoms with E-state index in [2.05, 4.69) is 9.97 Å². The molecule has 4 nitrogen and oxygen atoms in total. The van der Waals surface area contributed by atoms with E-state index in [4.69, 9.17) is 4.74 Å². The fourth-order valence-electron chi connectivity index (χ4n) is 1.21. The number of carbonyl (C=O) groups is 1. The van der Waals surface area contributed by atoms with E-state index in [0.29, 0.717) is 17.2 Å². The van der Waals surface area contributed by atoms with E-state index in [0.717, 1.165) is 0 Å². The van der Waals surface area contributed by atoms with Gasteiger partial charge < -0.3 is 4.74 Å². The van der Waals surface area contributed by atoms with E-state index >= 15 is 0 Å². The van der Waals surface area contributed by atoms with Crippen LogP contribution in [0.4, 0.5) is 0 Å². The van der Waals surface area contributed by atoms with Crippen molar-refractivity contribution in [3.8, 4) is 11.6 Å². The maximum absolute atomic E-state index is 11.2. The van der Waals surface area contributed by atoms with Gasteiger partial charge in [0.25, 0.3) is 0 Å². The number of Topliss-reactive ketones (excluding diaryl/α,β-unsaturated/α-hetero) is 1. The summed E-state index contributed by atoms with van der Waals surface area (Å²) in [6.45, 7) is 1.51. The van der Waals surface area contributed by atoms with Gasteiger partial charge in [-0.2, -0.15) is 0 Å². The smallest absolute Gasteiger partial charge is 0.219 e. The Hall–Kier alpha value is -2.23. The second kappa shape index (κ2) is 4.53. The van der Waals surface area contributed by atoms with Gasteiger partial charge in [0, 0.05) is 30.2 Å². The molecule has 2 aromatic rings. The summed E-state index contributed by atoms with van der Waals surface area (Å²) < 4.78 is 5.47. The minimum Gasteiger partial charge on any atom is -0.439 e. The molecule has 0 unspecified atom stereocenters. The Morgan fingerprint density at radius 3 is 2.62 bits per heavy atom. The summed E-state index contributed by atoms with van der Waals surface area (Å²) in [7, 11) is 0. The van der Waals surface area contributed by atoms with Crippen LogP contribution in [0.3, 0.4) is 0 Å². The van der Waals surface area contributed by atoms with Crippen molar-refractivity contribution >= 4 is 5.78 Å². The molecule has 2 heterocycles. The second-order valence-corrected chi connectivity index (χ2v) is 3.22. The van der Waals surface area contributed by atoms with Crippen molar-refractivity contribution in [1.29, 1.82) is 0 Å². The molecule has 0 spiro atoms. The second-order valence-electron chi connectivity index (χ2n) is 3.22. The molecule has 0 bridgehead atoms. The molecule has 4 heteroatoms. The quantitative estimate of drug-likeness (QED) is 0.736. The van der Waals surface area contributed by atoms with Gasteiger partial charge in [0.2, 0.25) is 5.88 Å². The first-order valence-electron chi connectivity index (χ1n) is 4.80. The molecule has 0 fully saturated rings. The van der Waals surface area contributed by atoms with Gasteiger partial charge in [-0.05, 0) is 25.1 Å². The third kappa shape index (κ3) is 2.42. The maximum Gasteiger partial charge on any atom is 0.219 e. The Balaban J connectivity index is 2.22. The lowest BCUT2D eigenvalue weighted by atomic mass is 10.2. The van der Waals surface area contributed by atoms with Crippen molar-refractivity contribution in [3.63, 3.8) is 0 Å². The Morgan fingerprint density at radius 1 is 1.19 bits per heavy atom. The van der Waals surface area contributed by atoms with Gasteiger partial charge in [-0.3, -0.25) is 9.78 Å². The topological polar surface area (TPSA) is 52.1 Å². The molecule has 0 N–H and O–H groups in total. The number of ketones is 1. The molecule has 80 valence electrons. The van der Waals surface area contributed by atoms with Crippen molar-refractivity contribution in [2.45, 2.75) is 6.92 Å². The molecule has 0 atom stereocenters. The summed E-state index contributed by atoms with van der Waals surface area (Å²) in [5.74, 6) is 1.03. The molecular weight excluding hydrogens is 204 g/mol. The first-order valence-corrected chi connectivity index (χ1v) is 4.80. The van der Waals surface area contributed by atoms with Crippen LogP contribution in [-0.2, 0) is 0 Å². The first kappa shape index (κ1) is 10.3. The molecule has 2 aromatic heterocycles. The fraction of sp³-hybridized carbons (Fsp3) is 0.0833. The van der Waals surface area contributed by atoms with Gasteiger partial charge >= 0.3 is 0 Å². The Morgan fingerprint density at radius 2 is 1.94 bits per heavy atom. The number of carbonyl (C=O) groups excluding carboxylic acids is 1. The monoisotopic (exact) mass is 214 g/mol. The third-order valence-corrected chi connectivity index (χ3v) is 2.01. The number of nitrogens with zero attached hydrogens (tertiary/aromatic N) is 2. The van der Waals surface area contributed by atoms with Crippen LogP contribution >= 0.6 is 0 Å². The number of hydrogen-bond donors (Lipinski definition) is 0. The molecule has 0 aliphatic heterocycles. The predicted molar refractivity (Wildman–Crippen MR) is 58.6 cm³/mol. The lowest BCUT2D eigenvalue weighted by molar-refractivity contribution is 0.101. The van der Waals surface area contributed by atoms with Crippen molar-refractivity contribution in [2.75, 3.05) is 0 Å². The Kier molecular flexibility index (Phi) is 2.91. The zero-order valence-corrected chi connectivity index (χ0v) is 8.75. The highest BCUT2D eigenvalue weighted by atomic mass is 16.5. The van der Waals surface area contributed by atoms with E-state index in [9.17, 15) is 4.79 Å². The van der Waals surface area contributed by atoms with E-state index in [-0.39, 0.29) is 5.78 Å². The minimum atomic E-state index is -0.0121. The molecule has 0 aliphatic carbocycles. The average Bonchev–Trinajstić information content (AvgIpc) is 2.30. The van der Waals surface area contributed by atoms with Crippen molar-refractivity contribution in [2.24, 2.45) is 0 Å². The van der Waals surface area contributed by atoms with Crippen molar-refractivity contribution in [1.82, 2.24) is 9.97 Å². The molecule has 0 aliphatic rings. The highest BCUT2D eigenvalue weighted by molar-refractivity contribution is 5.94. The number of hydrogen-bond acceptors (Lipinski definition) is 4. The summed E-state index contributed by atoms with van der Waals surface area (Å²) in [4.78, 5) is 19.1. The summed E-state index contributed by atoms with van der Waals surface area (Å²) in [6.07, 6.45) is 4.81. The maximum atomic E-state index is 11.2. The molecule has 0 saturated heterocycles. The highest BCUT2D eigenvalue weighted by Crippen LogP contribution is 2.18. The van der Waals surface area contributed by atoms with Crippen LogP contribution in [0, 0.1) is 0 Å². The third-order valence-electron chi connectivity index (χ3n) is 2.01. The Labute approximate surface area is 92.9 Å². The largest absolute Gasteiger partial charge is 0.439 e. The summed E-state index contributed by atoms with van der Waals surface area (Å²) in [5, 5.41) is 0. The van der Waals surface area contributed by atoms with Crippen molar-refractivity contribution < 1.29 is 9.53 Å². The first-order chi connectivity index (χ1) is 7.75. The van der Waals surface area contributed by atoms with Crippen LogP contribution in [-0.4, -0.2) is 15.8 Å². The molecule has 0 radical (unpaired) electrons. The molecule has 2 rings (SSSR count). The van der Waals surface area contributed by atoms with Gasteiger partial charge in [0.05, 0.1) is 0 Å². The lowest BCUT2D eigenvalue weighted by Gasteiger charge is -2.04. The SMILES string of the molecule is CC(=O)c1ccnc(Oc2ccncc2)c1. The summed E-state index contributed by atoms with van der Waals surface area (Å²) >= 11 is 0. The molecule has 16 heavy (non-hydrogen) atoms. The van der Waals surface area contributed by atoms with Crippen LogP contribution in [0.1, 0.15) is 17.3 Å². The number of aromatic nitrogens is 2. The van der Waals surface area contributed by atoms with E-state index in [1.807, 2.05) is 0 Å². The molecule has 0 amide bonds. The minimum absolute atomic E-state index is 0.0121. The van der Waals surface area contributed by atoms with Gasteiger partial charge in [0.15, 0.2) is 5.78 Å². The van der Waals surface area contributed by atoms with Gasteiger partial charge in [-0.25, -0.2) is 4.98 Å². The molecule has 0 saturated carbocycles. The number of rotatable bonds is 3. The van der Waals surface area contributed by atoms with Gasteiger partial charge in [-0.15, -0.1) is 0 Å². The number of ether oxygens (including phenoxy) is 1. The molecule has 0 aromatic carbocycles. The van der Waals surface area contributed by atoms with Gasteiger partial charge in [-0.1, -0.05) is 0 Å². The zero-order valence-electron chi connectivity index (χ0n) is 8.75. The summed E-state index contributed by atoms with van der Waals surface area (Å²) in [5.41, 5.74) is 0.582. The van der Waals surface area contributed by atoms with Crippen LogP contribution in [0.5, 0.6) is 11.6 Å².